The van der Waals surface area contributed by atoms with Gasteiger partial charge < -0.3 is 14.8 Å². The van der Waals surface area contributed by atoms with Crippen LogP contribution in [0.1, 0.15) is 39.8 Å². The van der Waals surface area contributed by atoms with Crippen LogP contribution in [0.5, 0.6) is 0 Å². The van der Waals surface area contributed by atoms with Crippen molar-refractivity contribution in [2.75, 3.05) is 20.0 Å². The monoisotopic (exact) mass is 748 g/mol. The molecule has 0 bridgehead atoms. The highest BCUT2D eigenvalue weighted by atomic mass is 32.2. The molecule has 55 heavy (non-hydrogen) atoms. The van der Waals surface area contributed by atoms with Crippen molar-refractivity contribution in [3.63, 3.8) is 0 Å². The highest BCUT2D eigenvalue weighted by molar-refractivity contribution is 8.00. The van der Waals surface area contributed by atoms with Gasteiger partial charge in [0.25, 0.3) is 0 Å². The van der Waals surface area contributed by atoms with E-state index in [1.54, 1.807) is 11.8 Å². The van der Waals surface area contributed by atoms with Gasteiger partial charge in [0.15, 0.2) is 0 Å². The molecule has 6 rings (SSSR count). The van der Waals surface area contributed by atoms with Gasteiger partial charge in [-0.05, 0) is 33.4 Å². The maximum atomic E-state index is 15.0. The number of rotatable bonds is 16. The molecular formula is C47H44N2O5S. The number of carbonyl (C=O) groups is 3. The van der Waals surface area contributed by atoms with E-state index in [4.69, 9.17) is 9.47 Å². The minimum Gasteiger partial charge on any atom is -0.469 e. The van der Waals surface area contributed by atoms with Gasteiger partial charge in [-0.3, -0.25) is 14.9 Å². The van der Waals surface area contributed by atoms with E-state index in [0.29, 0.717) is 0 Å². The van der Waals surface area contributed by atoms with Gasteiger partial charge in [0, 0.05) is 5.75 Å². The zero-order valence-corrected chi connectivity index (χ0v) is 31.7. The van der Waals surface area contributed by atoms with Crippen molar-refractivity contribution < 1.29 is 23.9 Å². The molecule has 0 aliphatic carbocycles. The fourth-order valence-electron chi connectivity index (χ4n) is 7.09. The lowest BCUT2D eigenvalue weighted by molar-refractivity contribution is -0.150. The quantitative estimate of drug-likeness (QED) is 0.0769. The molecule has 6 aromatic carbocycles. The van der Waals surface area contributed by atoms with Gasteiger partial charge in [-0.1, -0.05) is 182 Å². The minimum atomic E-state index is -1.28. The van der Waals surface area contributed by atoms with E-state index in [-0.39, 0.29) is 5.75 Å². The first kappa shape index (κ1) is 38.8. The second kappa shape index (κ2) is 18.4. The van der Waals surface area contributed by atoms with Crippen LogP contribution in [0.3, 0.4) is 0 Å². The SMILES string of the molecule is COC(=O)C[C@H](NC(=O)[C@H](CSC(c1ccccc1)(c1ccccc1)c1ccccc1)NC(c1ccccc1)(c1ccccc1)c1ccccc1)C(=O)OC. The van der Waals surface area contributed by atoms with Crippen LogP contribution < -0.4 is 10.6 Å². The summed E-state index contributed by atoms with van der Waals surface area (Å²) in [7, 11) is 2.47. The Kier molecular flexibility index (Phi) is 13.0. The Morgan fingerprint density at radius 2 is 0.855 bits per heavy atom. The van der Waals surface area contributed by atoms with Gasteiger partial charge in [0.1, 0.15) is 6.04 Å². The lowest BCUT2D eigenvalue weighted by atomic mass is 9.76. The van der Waals surface area contributed by atoms with Crippen molar-refractivity contribution in [1.29, 1.82) is 0 Å². The lowest BCUT2D eigenvalue weighted by Gasteiger charge is -2.41. The summed E-state index contributed by atoms with van der Waals surface area (Å²) in [6.07, 6.45) is -0.391. The molecule has 0 aliphatic rings. The van der Waals surface area contributed by atoms with Gasteiger partial charge in [0.2, 0.25) is 5.91 Å². The summed E-state index contributed by atoms with van der Waals surface area (Å²) in [5, 5.41) is 6.75. The first-order valence-corrected chi connectivity index (χ1v) is 19.1. The minimum absolute atomic E-state index is 0.227. The zero-order chi connectivity index (χ0) is 38.5. The largest absolute Gasteiger partial charge is 0.469 e. The van der Waals surface area contributed by atoms with Crippen LogP contribution in [-0.2, 0) is 34.1 Å². The third-order valence-electron chi connectivity index (χ3n) is 9.74. The van der Waals surface area contributed by atoms with E-state index in [0.717, 1.165) is 33.4 Å². The first-order chi connectivity index (χ1) is 26.9. The van der Waals surface area contributed by atoms with Crippen molar-refractivity contribution in [3.8, 4) is 0 Å². The van der Waals surface area contributed by atoms with Crippen LogP contribution in [0.25, 0.3) is 0 Å². The molecule has 1 amide bonds. The molecule has 0 aliphatic heterocycles. The number of benzene rings is 6. The average molecular weight is 749 g/mol. The Morgan fingerprint density at radius 3 is 1.18 bits per heavy atom. The number of methoxy groups -OCH3 is 2. The topological polar surface area (TPSA) is 93.7 Å². The Hall–Kier alpha value is -5.96. The van der Waals surface area contributed by atoms with Crippen LogP contribution in [0.2, 0.25) is 0 Å². The third kappa shape index (κ3) is 8.56. The number of hydrogen-bond donors (Lipinski definition) is 2. The molecule has 0 aromatic heterocycles. The van der Waals surface area contributed by atoms with Crippen LogP contribution in [0.15, 0.2) is 182 Å². The van der Waals surface area contributed by atoms with Gasteiger partial charge in [-0.2, -0.15) is 0 Å². The molecule has 2 N–H and O–H groups in total. The standard InChI is InChI=1S/C47H44N2O5S/c1-53-43(50)33-41(45(52)54-2)48-44(51)42(49-46(35-21-9-3-10-22-35,36-23-11-4-12-24-36)37-25-13-5-14-26-37)34-55-47(38-27-15-6-16-28-38,39-29-17-7-18-30-39)40-31-19-8-20-32-40/h3-32,41-42,49H,33-34H2,1-2H3,(H,48,51)/t41-,42-/m0/s1. The van der Waals surface area contributed by atoms with Crippen LogP contribution in [-0.4, -0.2) is 49.9 Å². The molecule has 278 valence electrons. The van der Waals surface area contributed by atoms with Crippen molar-refractivity contribution in [3.05, 3.63) is 215 Å². The highest BCUT2D eigenvalue weighted by Gasteiger charge is 2.43. The summed E-state index contributed by atoms with van der Waals surface area (Å²) < 4.78 is 9.18. The lowest BCUT2D eigenvalue weighted by Crippen LogP contribution is -2.58. The normalized spacial score (nSPS) is 12.5. The number of ether oxygens (including phenoxy) is 2. The van der Waals surface area contributed by atoms with Crippen molar-refractivity contribution >= 4 is 29.6 Å². The third-order valence-corrected chi connectivity index (χ3v) is 11.4. The molecule has 0 radical (unpaired) electrons. The molecule has 0 saturated heterocycles. The number of nitrogens with one attached hydrogen (secondary N) is 2. The Balaban J connectivity index is 1.55. The van der Waals surface area contributed by atoms with E-state index in [2.05, 4.69) is 47.0 Å². The molecule has 0 fully saturated rings. The summed E-state index contributed by atoms with van der Waals surface area (Å²) in [4.78, 5) is 40.6. The van der Waals surface area contributed by atoms with Crippen LogP contribution in [0.4, 0.5) is 0 Å². The van der Waals surface area contributed by atoms with E-state index >= 15 is 0 Å². The maximum absolute atomic E-state index is 15.0. The Morgan fingerprint density at radius 1 is 0.509 bits per heavy atom. The molecular weight excluding hydrogens is 705 g/mol. The summed E-state index contributed by atoms with van der Waals surface area (Å²) in [6.45, 7) is 0. The van der Waals surface area contributed by atoms with Crippen molar-refractivity contribution in [1.82, 2.24) is 10.6 Å². The molecule has 6 aromatic rings. The van der Waals surface area contributed by atoms with Gasteiger partial charge in [-0.25, -0.2) is 4.79 Å². The fourth-order valence-corrected chi connectivity index (χ4v) is 8.65. The fraction of sp³-hybridized carbons (Fsp3) is 0.170. The summed E-state index contributed by atoms with van der Waals surface area (Å²) in [5.41, 5.74) is 4.81. The van der Waals surface area contributed by atoms with Gasteiger partial charge >= 0.3 is 11.9 Å². The summed E-state index contributed by atoms with van der Waals surface area (Å²) in [5.74, 6) is -1.66. The van der Waals surface area contributed by atoms with Crippen molar-refractivity contribution in [2.45, 2.75) is 28.8 Å². The molecule has 7 nitrogen and oxygen atoms in total. The molecule has 8 heteroatoms. The van der Waals surface area contributed by atoms with E-state index < -0.39 is 46.6 Å². The van der Waals surface area contributed by atoms with Crippen molar-refractivity contribution in [2.24, 2.45) is 0 Å². The number of amides is 1. The molecule has 2 atom stereocenters. The average Bonchev–Trinajstić information content (AvgIpc) is 3.26. The Labute approximate surface area is 327 Å². The summed E-state index contributed by atoms with van der Waals surface area (Å²) in [6, 6.07) is 58.7. The molecule has 0 spiro atoms. The second-order valence-corrected chi connectivity index (χ2v) is 14.2. The number of thioether (sulfide) groups is 1. The van der Waals surface area contributed by atoms with Gasteiger partial charge in [-0.15, -0.1) is 11.8 Å². The van der Waals surface area contributed by atoms with E-state index in [1.165, 1.54) is 14.2 Å². The second-order valence-electron chi connectivity index (χ2n) is 13.0. The highest BCUT2D eigenvalue weighted by Crippen LogP contribution is 2.49. The molecule has 0 saturated carbocycles. The Bertz CT molecular complexity index is 1930. The van der Waals surface area contributed by atoms with E-state index in [1.807, 2.05) is 146 Å². The maximum Gasteiger partial charge on any atom is 0.328 e. The first-order valence-electron chi connectivity index (χ1n) is 18.1. The molecule has 0 unspecified atom stereocenters. The number of hydrogen-bond acceptors (Lipinski definition) is 7. The smallest absolute Gasteiger partial charge is 0.328 e. The van der Waals surface area contributed by atoms with E-state index in [9.17, 15) is 14.4 Å². The van der Waals surface area contributed by atoms with Crippen LogP contribution >= 0.6 is 11.8 Å². The number of esters is 2. The predicted octanol–water partition coefficient (Wildman–Crippen LogP) is 7.88. The van der Waals surface area contributed by atoms with Gasteiger partial charge in [0.05, 0.1) is 37.0 Å². The summed E-state index contributed by atoms with van der Waals surface area (Å²) >= 11 is 1.62. The predicted molar refractivity (Wildman–Crippen MR) is 218 cm³/mol. The van der Waals surface area contributed by atoms with Crippen LogP contribution in [0, 0.1) is 0 Å². The zero-order valence-electron chi connectivity index (χ0n) is 30.8. The number of carbonyl (C=O) groups excluding carboxylic acids is 3. The molecule has 0 heterocycles.